The Bertz CT molecular complexity index is 715. The molecule has 0 fully saturated rings. The van der Waals surface area contributed by atoms with Crippen molar-refractivity contribution in [1.29, 1.82) is 0 Å². The fourth-order valence-corrected chi connectivity index (χ4v) is 1.79. The average Bonchev–Trinajstić information content (AvgIpc) is 2.84. The van der Waals surface area contributed by atoms with Gasteiger partial charge in [0, 0.05) is 24.7 Å². The Labute approximate surface area is 124 Å². The van der Waals surface area contributed by atoms with Crippen molar-refractivity contribution in [2.24, 2.45) is 0 Å². The van der Waals surface area contributed by atoms with E-state index in [1.165, 1.54) is 19.1 Å². The molecule has 2 amide bonds. The molecule has 0 spiro atoms. The molecule has 116 valence electrons. The summed E-state index contributed by atoms with van der Waals surface area (Å²) in [5, 5.41) is 6.02. The molecular formula is C14H13F2N3O3. The fraction of sp³-hybridized carbons (Fsp3) is 0.214. The summed E-state index contributed by atoms with van der Waals surface area (Å²) in [6.07, 6.45) is 0. The number of nitrogens with zero attached hydrogens (tertiary/aromatic N) is 2. The van der Waals surface area contributed by atoms with Gasteiger partial charge in [0.2, 0.25) is 11.8 Å². The Balaban J connectivity index is 2.13. The van der Waals surface area contributed by atoms with Crippen LogP contribution in [-0.4, -0.2) is 23.5 Å². The molecule has 1 heterocycles. The second-order valence-electron chi connectivity index (χ2n) is 4.57. The van der Waals surface area contributed by atoms with Gasteiger partial charge < -0.3 is 14.7 Å². The van der Waals surface area contributed by atoms with Crippen molar-refractivity contribution in [3.8, 4) is 0 Å². The van der Waals surface area contributed by atoms with Crippen molar-refractivity contribution in [3.63, 3.8) is 0 Å². The van der Waals surface area contributed by atoms with Crippen LogP contribution >= 0.6 is 0 Å². The smallest absolute Gasteiger partial charge is 0.245 e. The molecule has 1 aromatic heterocycles. The van der Waals surface area contributed by atoms with Gasteiger partial charge in [-0.2, -0.15) is 0 Å². The molecule has 1 aromatic carbocycles. The first-order valence-electron chi connectivity index (χ1n) is 6.33. The minimum atomic E-state index is -1.10. The zero-order valence-electron chi connectivity index (χ0n) is 11.9. The molecule has 1 N–H and O–H groups in total. The minimum absolute atomic E-state index is 0.0814. The van der Waals surface area contributed by atoms with E-state index in [2.05, 4.69) is 10.5 Å². The molecule has 0 radical (unpaired) electrons. The number of carbonyl (C=O) groups excluding carboxylic acids is 2. The SMILES string of the molecule is CC(=O)N(CC(=O)Nc1cc(C)on1)c1ccc(F)c(F)c1. The molecule has 0 bridgehead atoms. The highest BCUT2D eigenvalue weighted by Crippen LogP contribution is 2.18. The fourth-order valence-electron chi connectivity index (χ4n) is 1.79. The minimum Gasteiger partial charge on any atom is -0.360 e. The van der Waals surface area contributed by atoms with Crippen molar-refractivity contribution >= 4 is 23.3 Å². The van der Waals surface area contributed by atoms with Crippen LogP contribution in [0.2, 0.25) is 0 Å². The highest BCUT2D eigenvalue weighted by atomic mass is 19.2. The van der Waals surface area contributed by atoms with Crippen molar-refractivity contribution in [1.82, 2.24) is 5.16 Å². The van der Waals surface area contributed by atoms with Gasteiger partial charge in [-0.3, -0.25) is 9.59 Å². The van der Waals surface area contributed by atoms with Gasteiger partial charge in [0.25, 0.3) is 0 Å². The second-order valence-corrected chi connectivity index (χ2v) is 4.57. The molecule has 6 nitrogen and oxygen atoms in total. The molecule has 0 aliphatic rings. The van der Waals surface area contributed by atoms with E-state index in [0.717, 1.165) is 17.0 Å². The number of hydrogen-bond donors (Lipinski definition) is 1. The van der Waals surface area contributed by atoms with E-state index in [-0.39, 0.29) is 18.1 Å². The monoisotopic (exact) mass is 309 g/mol. The van der Waals surface area contributed by atoms with E-state index < -0.39 is 23.4 Å². The summed E-state index contributed by atoms with van der Waals surface area (Å²) in [6.45, 7) is 2.51. The van der Waals surface area contributed by atoms with Crippen molar-refractivity contribution in [2.45, 2.75) is 13.8 Å². The molecule has 8 heteroatoms. The lowest BCUT2D eigenvalue weighted by Gasteiger charge is -2.20. The van der Waals surface area contributed by atoms with Gasteiger partial charge in [0.1, 0.15) is 12.3 Å². The predicted octanol–water partition coefficient (Wildman–Crippen LogP) is 2.25. The lowest BCUT2D eigenvalue weighted by atomic mass is 10.2. The van der Waals surface area contributed by atoms with Gasteiger partial charge in [-0.25, -0.2) is 8.78 Å². The molecular weight excluding hydrogens is 296 g/mol. The topological polar surface area (TPSA) is 75.4 Å². The maximum Gasteiger partial charge on any atom is 0.245 e. The van der Waals surface area contributed by atoms with Crippen LogP contribution in [0.1, 0.15) is 12.7 Å². The number of benzene rings is 1. The first-order chi connectivity index (χ1) is 10.4. The summed E-state index contributed by atoms with van der Waals surface area (Å²) in [5.74, 6) is -2.45. The Hall–Kier alpha value is -2.77. The number of aromatic nitrogens is 1. The summed E-state index contributed by atoms with van der Waals surface area (Å²) < 4.78 is 31.0. The van der Waals surface area contributed by atoms with Crippen LogP contribution < -0.4 is 10.2 Å². The van der Waals surface area contributed by atoms with Gasteiger partial charge in [0.15, 0.2) is 17.5 Å². The first kappa shape index (κ1) is 15.6. The normalized spacial score (nSPS) is 10.4. The van der Waals surface area contributed by atoms with E-state index in [0.29, 0.717) is 5.76 Å². The van der Waals surface area contributed by atoms with Crippen LogP contribution in [0, 0.1) is 18.6 Å². The maximum atomic E-state index is 13.3. The molecule has 0 aliphatic carbocycles. The Morgan fingerprint density at radius 2 is 2.00 bits per heavy atom. The average molecular weight is 309 g/mol. The zero-order valence-corrected chi connectivity index (χ0v) is 11.9. The van der Waals surface area contributed by atoms with Crippen LogP contribution in [-0.2, 0) is 9.59 Å². The zero-order chi connectivity index (χ0) is 16.3. The number of halogens is 2. The summed E-state index contributed by atoms with van der Waals surface area (Å²) in [7, 11) is 0. The van der Waals surface area contributed by atoms with Gasteiger partial charge in [-0.1, -0.05) is 5.16 Å². The second kappa shape index (κ2) is 6.33. The van der Waals surface area contributed by atoms with Crippen molar-refractivity contribution in [3.05, 3.63) is 41.7 Å². The summed E-state index contributed by atoms with van der Waals surface area (Å²) in [5.41, 5.74) is 0.0814. The predicted molar refractivity (Wildman–Crippen MR) is 74.3 cm³/mol. The van der Waals surface area contributed by atoms with Crippen LogP contribution in [0.15, 0.2) is 28.8 Å². The van der Waals surface area contributed by atoms with E-state index in [1.54, 1.807) is 6.92 Å². The molecule has 0 atom stereocenters. The number of anilines is 2. The Morgan fingerprint density at radius 1 is 1.27 bits per heavy atom. The molecule has 0 saturated heterocycles. The molecule has 0 aliphatic heterocycles. The summed E-state index contributed by atoms with van der Waals surface area (Å²) in [6, 6.07) is 4.46. The lowest BCUT2D eigenvalue weighted by Crippen LogP contribution is -2.36. The van der Waals surface area contributed by atoms with Crippen LogP contribution in [0.3, 0.4) is 0 Å². The summed E-state index contributed by atoms with van der Waals surface area (Å²) in [4.78, 5) is 24.6. The first-order valence-corrected chi connectivity index (χ1v) is 6.33. The summed E-state index contributed by atoms with van der Waals surface area (Å²) >= 11 is 0. The number of amides is 2. The van der Waals surface area contributed by atoms with Gasteiger partial charge in [-0.15, -0.1) is 0 Å². The highest BCUT2D eigenvalue weighted by Gasteiger charge is 2.18. The number of carbonyl (C=O) groups is 2. The largest absolute Gasteiger partial charge is 0.360 e. The highest BCUT2D eigenvalue weighted by molar-refractivity contribution is 6.01. The Kier molecular flexibility index (Phi) is 4.50. The molecule has 2 rings (SSSR count). The molecule has 0 unspecified atom stereocenters. The van der Waals surface area contributed by atoms with Crippen LogP contribution in [0.5, 0.6) is 0 Å². The lowest BCUT2D eigenvalue weighted by molar-refractivity contribution is -0.120. The third-order valence-corrected chi connectivity index (χ3v) is 2.79. The number of hydrogen-bond acceptors (Lipinski definition) is 4. The molecule has 0 saturated carbocycles. The van der Waals surface area contributed by atoms with Crippen molar-refractivity contribution in [2.75, 3.05) is 16.8 Å². The number of nitrogens with one attached hydrogen (secondary N) is 1. The quantitative estimate of drug-likeness (QED) is 0.940. The number of rotatable bonds is 4. The van der Waals surface area contributed by atoms with Crippen LogP contribution in [0.25, 0.3) is 0 Å². The van der Waals surface area contributed by atoms with E-state index in [1.807, 2.05) is 0 Å². The van der Waals surface area contributed by atoms with E-state index >= 15 is 0 Å². The van der Waals surface area contributed by atoms with Crippen LogP contribution in [0.4, 0.5) is 20.3 Å². The molecule has 2 aromatic rings. The number of aryl methyl sites for hydroxylation is 1. The maximum absolute atomic E-state index is 13.3. The van der Waals surface area contributed by atoms with Gasteiger partial charge in [0.05, 0.1) is 0 Å². The Morgan fingerprint density at radius 3 is 2.55 bits per heavy atom. The van der Waals surface area contributed by atoms with E-state index in [4.69, 9.17) is 4.52 Å². The third kappa shape index (κ3) is 3.66. The van der Waals surface area contributed by atoms with Gasteiger partial charge in [-0.05, 0) is 19.1 Å². The van der Waals surface area contributed by atoms with E-state index in [9.17, 15) is 18.4 Å². The third-order valence-electron chi connectivity index (χ3n) is 2.79. The molecule has 22 heavy (non-hydrogen) atoms. The van der Waals surface area contributed by atoms with Crippen molar-refractivity contribution < 1.29 is 22.9 Å². The standard InChI is InChI=1S/C14H13F2N3O3/c1-8-5-13(18-22-8)17-14(21)7-19(9(2)20)10-3-4-11(15)12(16)6-10/h3-6H,7H2,1-2H3,(H,17,18,21). The van der Waals surface area contributed by atoms with Gasteiger partial charge >= 0.3 is 0 Å².